The van der Waals surface area contributed by atoms with Crippen LogP contribution in [0.15, 0.2) is 30.5 Å². The molecule has 0 bridgehead atoms. The first-order valence-electron chi connectivity index (χ1n) is 8.17. The summed E-state index contributed by atoms with van der Waals surface area (Å²) in [7, 11) is 1.64. The maximum absolute atomic E-state index is 12.6. The number of imidazole rings is 2. The zero-order valence-corrected chi connectivity index (χ0v) is 14.2. The average molecular weight is 337 g/mol. The second-order valence-electron chi connectivity index (χ2n) is 6.13. The molecule has 7 heteroatoms. The molecule has 3 aromatic rings. The van der Waals surface area contributed by atoms with Crippen molar-refractivity contribution in [2.24, 2.45) is 0 Å². The average Bonchev–Trinajstić information content (AvgIpc) is 3.26. The summed E-state index contributed by atoms with van der Waals surface area (Å²) in [5, 5.41) is 0. The van der Waals surface area contributed by atoms with Crippen molar-refractivity contribution in [1.29, 1.82) is 0 Å². The number of amides is 1. The van der Waals surface area contributed by atoms with Crippen LogP contribution in [0.25, 0.3) is 11.4 Å². The fraction of sp³-hybridized carbons (Fsp3) is 0.278. The minimum absolute atomic E-state index is 0.0868. The van der Waals surface area contributed by atoms with Gasteiger partial charge in [-0.1, -0.05) is 12.1 Å². The molecule has 0 fully saturated rings. The van der Waals surface area contributed by atoms with E-state index >= 15 is 0 Å². The Hall–Kier alpha value is -3.09. The number of fused-ring (bicyclic) bond motifs is 1. The number of ether oxygens (including phenoxy) is 1. The van der Waals surface area contributed by atoms with E-state index in [2.05, 4.69) is 15.0 Å². The van der Waals surface area contributed by atoms with E-state index in [1.54, 1.807) is 18.2 Å². The Morgan fingerprint density at radius 2 is 2.20 bits per heavy atom. The van der Waals surface area contributed by atoms with E-state index in [9.17, 15) is 4.79 Å². The number of nitrogens with zero attached hydrogens (tertiary/aromatic N) is 3. The van der Waals surface area contributed by atoms with Gasteiger partial charge in [0.05, 0.1) is 25.0 Å². The van der Waals surface area contributed by atoms with Crippen molar-refractivity contribution in [3.05, 3.63) is 53.4 Å². The van der Waals surface area contributed by atoms with E-state index in [1.807, 2.05) is 31.2 Å². The summed E-state index contributed by atoms with van der Waals surface area (Å²) in [4.78, 5) is 29.5. The first-order valence-corrected chi connectivity index (χ1v) is 8.17. The maximum atomic E-state index is 12.6. The Bertz CT molecular complexity index is 927. The predicted octanol–water partition coefficient (Wildman–Crippen LogP) is 2.32. The molecule has 4 rings (SSSR count). The highest BCUT2D eigenvalue weighted by atomic mass is 16.5. The topological polar surface area (TPSA) is 86.9 Å². The number of hydrogen-bond donors (Lipinski definition) is 2. The monoisotopic (exact) mass is 337 g/mol. The van der Waals surface area contributed by atoms with Crippen LogP contribution in [-0.4, -0.2) is 44.4 Å². The number of carbonyl (C=O) groups excluding carboxylic acids is 1. The zero-order valence-electron chi connectivity index (χ0n) is 14.2. The van der Waals surface area contributed by atoms with Gasteiger partial charge in [-0.05, 0) is 19.1 Å². The van der Waals surface area contributed by atoms with E-state index in [4.69, 9.17) is 9.72 Å². The second-order valence-corrected chi connectivity index (χ2v) is 6.13. The normalized spacial score (nSPS) is 13.6. The molecule has 2 N–H and O–H groups in total. The summed E-state index contributed by atoms with van der Waals surface area (Å²) in [5.41, 5.74) is 3.83. The Balaban J connectivity index is 1.57. The third-order valence-corrected chi connectivity index (χ3v) is 4.37. The van der Waals surface area contributed by atoms with Gasteiger partial charge in [-0.15, -0.1) is 0 Å². The molecule has 1 aliphatic rings. The smallest absolute Gasteiger partial charge is 0.290 e. The highest BCUT2D eigenvalue weighted by Gasteiger charge is 2.26. The van der Waals surface area contributed by atoms with E-state index in [0.29, 0.717) is 18.9 Å². The fourth-order valence-corrected chi connectivity index (χ4v) is 3.05. The van der Waals surface area contributed by atoms with Crippen molar-refractivity contribution in [3.8, 4) is 17.1 Å². The van der Waals surface area contributed by atoms with Crippen LogP contribution in [0.4, 0.5) is 0 Å². The molecule has 1 aromatic carbocycles. The number of carbonyl (C=O) groups is 1. The molecule has 0 saturated heterocycles. The van der Waals surface area contributed by atoms with Gasteiger partial charge in [-0.25, -0.2) is 9.97 Å². The maximum Gasteiger partial charge on any atom is 0.290 e. The number of hydrogen-bond acceptors (Lipinski definition) is 4. The summed E-state index contributed by atoms with van der Waals surface area (Å²) >= 11 is 0. The van der Waals surface area contributed by atoms with Gasteiger partial charge < -0.3 is 19.6 Å². The van der Waals surface area contributed by atoms with Gasteiger partial charge in [0.25, 0.3) is 5.91 Å². The molecule has 0 unspecified atom stereocenters. The highest BCUT2D eigenvalue weighted by Crippen LogP contribution is 2.25. The lowest BCUT2D eigenvalue weighted by Gasteiger charge is -2.25. The van der Waals surface area contributed by atoms with Crippen molar-refractivity contribution >= 4 is 5.91 Å². The number of nitrogens with one attached hydrogen (secondary N) is 2. The van der Waals surface area contributed by atoms with Gasteiger partial charge in [0.15, 0.2) is 5.82 Å². The predicted molar refractivity (Wildman–Crippen MR) is 92.3 cm³/mol. The lowest BCUT2D eigenvalue weighted by molar-refractivity contribution is 0.0720. The van der Waals surface area contributed by atoms with Crippen LogP contribution in [0, 0.1) is 6.92 Å². The Morgan fingerprint density at radius 3 is 2.96 bits per heavy atom. The van der Waals surface area contributed by atoms with Crippen LogP contribution >= 0.6 is 0 Å². The summed E-state index contributed by atoms with van der Waals surface area (Å²) < 4.78 is 5.27. The summed E-state index contributed by atoms with van der Waals surface area (Å²) in [5.74, 6) is 1.88. The van der Waals surface area contributed by atoms with Gasteiger partial charge >= 0.3 is 0 Å². The standard InChI is InChI=1S/C18H19N5O2/c1-11-9-19-17(20-11)18(24)23-7-6-14-15(10-23)22-16(21-14)12-4-3-5-13(8-12)25-2/h3-5,8-9H,6-7,10H2,1-2H3,(H,19,20)(H,21,22). The van der Waals surface area contributed by atoms with Crippen molar-refractivity contribution < 1.29 is 9.53 Å². The van der Waals surface area contributed by atoms with Crippen LogP contribution in [0.1, 0.15) is 27.7 Å². The molecule has 0 spiro atoms. The van der Waals surface area contributed by atoms with Gasteiger partial charge in [0, 0.05) is 30.4 Å². The van der Waals surface area contributed by atoms with Crippen LogP contribution < -0.4 is 4.74 Å². The number of rotatable bonds is 3. The fourth-order valence-electron chi connectivity index (χ4n) is 3.05. The van der Waals surface area contributed by atoms with Crippen molar-refractivity contribution in [2.75, 3.05) is 13.7 Å². The van der Waals surface area contributed by atoms with Crippen molar-refractivity contribution in [3.63, 3.8) is 0 Å². The number of benzene rings is 1. The highest BCUT2D eigenvalue weighted by molar-refractivity contribution is 5.90. The zero-order chi connectivity index (χ0) is 17.4. The molecular weight excluding hydrogens is 318 g/mol. The molecule has 25 heavy (non-hydrogen) atoms. The molecule has 2 aromatic heterocycles. The Kier molecular flexibility index (Phi) is 3.76. The quantitative estimate of drug-likeness (QED) is 0.768. The minimum atomic E-state index is -0.0868. The molecule has 1 amide bonds. The SMILES string of the molecule is COc1cccc(-c2nc3c([nH]2)CN(C(=O)c2ncc(C)[nH]2)CC3)c1. The largest absolute Gasteiger partial charge is 0.497 e. The minimum Gasteiger partial charge on any atom is -0.497 e. The number of H-pyrrole nitrogens is 2. The van der Waals surface area contributed by atoms with E-state index in [0.717, 1.165) is 40.6 Å². The third kappa shape index (κ3) is 2.88. The Morgan fingerprint density at radius 1 is 1.32 bits per heavy atom. The third-order valence-electron chi connectivity index (χ3n) is 4.37. The van der Waals surface area contributed by atoms with Gasteiger partial charge in [-0.3, -0.25) is 4.79 Å². The van der Waals surface area contributed by atoms with E-state index < -0.39 is 0 Å². The molecule has 0 atom stereocenters. The molecular formula is C18H19N5O2. The van der Waals surface area contributed by atoms with Crippen LogP contribution in [0.2, 0.25) is 0 Å². The molecule has 0 aliphatic carbocycles. The molecule has 0 radical (unpaired) electrons. The molecule has 3 heterocycles. The first-order chi connectivity index (χ1) is 12.1. The molecule has 128 valence electrons. The summed E-state index contributed by atoms with van der Waals surface area (Å²) in [6.07, 6.45) is 2.39. The van der Waals surface area contributed by atoms with Gasteiger partial charge in [-0.2, -0.15) is 0 Å². The number of aryl methyl sites for hydroxylation is 1. The number of methoxy groups -OCH3 is 1. The Labute approximate surface area is 145 Å². The van der Waals surface area contributed by atoms with E-state index in [-0.39, 0.29) is 5.91 Å². The van der Waals surface area contributed by atoms with Gasteiger partial charge in [0.2, 0.25) is 0 Å². The second kappa shape index (κ2) is 6.08. The van der Waals surface area contributed by atoms with Gasteiger partial charge in [0.1, 0.15) is 11.6 Å². The lowest BCUT2D eigenvalue weighted by Crippen LogP contribution is -2.36. The molecule has 0 saturated carbocycles. The lowest BCUT2D eigenvalue weighted by atomic mass is 10.1. The number of aromatic nitrogens is 4. The summed E-state index contributed by atoms with van der Waals surface area (Å²) in [6.45, 7) is 3.02. The van der Waals surface area contributed by atoms with Crippen LogP contribution in [0.5, 0.6) is 5.75 Å². The van der Waals surface area contributed by atoms with Crippen LogP contribution in [-0.2, 0) is 13.0 Å². The number of aromatic amines is 2. The van der Waals surface area contributed by atoms with Crippen molar-refractivity contribution in [2.45, 2.75) is 19.9 Å². The molecule has 7 nitrogen and oxygen atoms in total. The van der Waals surface area contributed by atoms with Crippen LogP contribution in [0.3, 0.4) is 0 Å². The first kappa shape index (κ1) is 15.4. The van der Waals surface area contributed by atoms with E-state index in [1.165, 1.54) is 0 Å². The molecule has 1 aliphatic heterocycles. The summed E-state index contributed by atoms with van der Waals surface area (Å²) in [6, 6.07) is 7.77. The van der Waals surface area contributed by atoms with Crippen molar-refractivity contribution in [1.82, 2.24) is 24.8 Å².